The predicted octanol–water partition coefficient (Wildman–Crippen LogP) is 3.08. The highest BCUT2D eigenvalue weighted by Crippen LogP contribution is 2.32. The normalized spacial score (nSPS) is 13.6. The Morgan fingerprint density at radius 3 is 2.45 bits per heavy atom. The van der Waals surface area contributed by atoms with Gasteiger partial charge >= 0.3 is 0 Å². The first-order valence-electron chi connectivity index (χ1n) is 6.38. The molecule has 0 aliphatic heterocycles. The topological polar surface area (TPSA) is 38.0 Å². The Bertz CT molecular complexity index is 629. The van der Waals surface area contributed by atoms with E-state index in [4.69, 9.17) is 0 Å². The van der Waals surface area contributed by atoms with Gasteiger partial charge in [-0.2, -0.15) is 5.10 Å². The predicted molar refractivity (Wildman–Crippen MR) is 72.3 cm³/mol. The Hall–Kier alpha value is -1.75. The van der Waals surface area contributed by atoms with Crippen LogP contribution in [-0.4, -0.2) is 14.9 Å². The van der Waals surface area contributed by atoms with Crippen LogP contribution in [0.3, 0.4) is 0 Å². The average molecular weight is 280 g/mol. The van der Waals surface area contributed by atoms with Gasteiger partial charge in [0.2, 0.25) is 0 Å². The highest BCUT2D eigenvalue weighted by Gasteiger charge is 2.28. The second-order valence-corrected chi connectivity index (χ2v) is 5.90. The molecule has 0 radical (unpaired) electrons. The molecule has 0 aliphatic carbocycles. The van der Waals surface area contributed by atoms with Crippen molar-refractivity contribution in [1.29, 1.82) is 0 Å². The molecular formula is C15H18F2N2O. The minimum absolute atomic E-state index is 0.0801. The maximum atomic E-state index is 13.8. The van der Waals surface area contributed by atoms with Gasteiger partial charge in [-0.25, -0.2) is 8.78 Å². The minimum Gasteiger partial charge on any atom is -0.383 e. The first-order chi connectivity index (χ1) is 9.21. The smallest absolute Gasteiger partial charge is 0.164 e. The third-order valence-electron chi connectivity index (χ3n) is 3.14. The van der Waals surface area contributed by atoms with Gasteiger partial charge in [-0.1, -0.05) is 32.9 Å². The van der Waals surface area contributed by atoms with Crippen molar-refractivity contribution in [2.45, 2.75) is 32.3 Å². The lowest BCUT2D eigenvalue weighted by Crippen LogP contribution is -2.17. The van der Waals surface area contributed by atoms with Gasteiger partial charge in [0.05, 0.1) is 5.69 Å². The van der Waals surface area contributed by atoms with Crippen molar-refractivity contribution in [3.8, 4) is 0 Å². The van der Waals surface area contributed by atoms with Crippen molar-refractivity contribution in [1.82, 2.24) is 9.78 Å². The summed E-state index contributed by atoms with van der Waals surface area (Å²) in [5.41, 5.74) is 0.769. The van der Waals surface area contributed by atoms with Crippen LogP contribution < -0.4 is 0 Å². The lowest BCUT2D eigenvalue weighted by Gasteiger charge is -2.20. The van der Waals surface area contributed by atoms with Crippen LogP contribution >= 0.6 is 0 Å². The third-order valence-corrected chi connectivity index (χ3v) is 3.14. The molecule has 0 bridgehead atoms. The zero-order valence-corrected chi connectivity index (χ0v) is 12.0. The molecule has 1 aromatic carbocycles. The molecule has 0 aliphatic rings. The number of aromatic nitrogens is 2. The van der Waals surface area contributed by atoms with Gasteiger partial charge in [0.15, 0.2) is 11.6 Å². The van der Waals surface area contributed by atoms with Crippen molar-refractivity contribution < 1.29 is 13.9 Å². The van der Waals surface area contributed by atoms with E-state index in [2.05, 4.69) is 5.10 Å². The number of halogens is 2. The van der Waals surface area contributed by atoms with Gasteiger partial charge in [-0.15, -0.1) is 0 Å². The zero-order chi connectivity index (χ0) is 15.1. The number of benzene rings is 1. The van der Waals surface area contributed by atoms with E-state index in [1.54, 1.807) is 17.9 Å². The molecule has 0 saturated carbocycles. The van der Waals surface area contributed by atoms with Crippen molar-refractivity contribution in [3.05, 3.63) is 52.9 Å². The number of hydrogen-bond acceptors (Lipinski definition) is 2. The second kappa shape index (κ2) is 4.98. The molecule has 5 heteroatoms. The molecule has 2 rings (SSSR count). The molecule has 3 nitrogen and oxygen atoms in total. The van der Waals surface area contributed by atoms with E-state index in [0.717, 1.165) is 6.07 Å². The van der Waals surface area contributed by atoms with E-state index in [9.17, 15) is 13.9 Å². The molecule has 1 aromatic heterocycles. The van der Waals surface area contributed by atoms with Crippen molar-refractivity contribution in [2.24, 2.45) is 7.05 Å². The third kappa shape index (κ3) is 2.58. The summed E-state index contributed by atoms with van der Waals surface area (Å²) < 4.78 is 28.7. The number of nitrogens with zero attached hydrogens (tertiary/aromatic N) is 2. The fourth-order valence-corrected chi connectivity index (χ4v) is 2.19. The molecule has 108 valence electrons. The Kier molecular flexibility index (Phi) is 3.65. The van der Waals surface area contributed by atoms with E-state index in [0.29, 0.717) is 11.3 Å². The van der Waals surface area contributed by atoms with Crippen LogP contribution in [0.1, 0.15) is 43.7 Å². The number of hydrogen-bond donors (Lipinski definition) is 1. The first-order valence-corrected chi connectivity index (χ1v) is 6.38. The highest BCUT2D eigenvalue weighted by atomic mass is 19.2. The van der Waals surface area contributed by atoms with Crippen LogP contribution in [-0.2, 0) is 12.5 Å². The molecule has 1 unspecified atom stereocenters. The summed E-state index contributed by atoms with van der Waals surface area (Å²) in [5.74, 6) is -1.99. The van der Waals surface area contributed by atoms with E-state index in [1.165, 1.54) is 12.1 Å². The number of aliphatic hydroxyl groups is 1. The number of aliphatic hydroxyl groups excluding tert-OH is 1. The molecule has 0 amide bonds. The van der Waals surface area contributed by atoms with E-state index >= 15 is 0 Å². The number of aryl methyl sites for hydroxylation is 1. The van der Waals surface area contributed by atoms with Crippen LogP contribution in [0, 0.1) is 11.6 Å². The molecule has 1 N–H and O–H groups in total. The van der Waals surface area contributed by atoms with Crippen molar-refractivity contribution in [3.63, 3.8) is 0 Å². The van der Waals surface area contributed by atoms with Gasteiger partial charge in [0.1, 0.15) is 6.10 Å². The van der Waals surface area contributed by atoms with Crippen LogP contribution in [0.5, 0.6) is 0 Å². The largest absolute Gasteiger partial charge is 0.383 e. The summed E-state index contributed by atoms with van der Waals surface area (Å²) >= 11 is 0. The molecule has 0 spiro atoms. The maximum Gasteiger partial charge on any atom is 0.164 e. The van der Waals surface area contributed by atoms with Gasteiger partial charge in [0, 0.05) is 29.8 Å². The monoisotopic (exact) mass is 280 g/mol. The summed E-state index contributed by atoms with van der Waals surface area (Å²) in [6.45, 7) is 5.86. The fourth-order valence-electron chi connectivity index (χ4n) is 2.19. The summed E-state index contributed by atoms with van der Waals surface area (Å²) in [6.07, 6.45) is 0.393. The Balaban J connectivity index is 2.54. The lowest BCUT2D eigenvalue weighted by atomic mass is 9.87. The Morgan fingerprint density at radius 1 is 1.20 bits per heavy atom. The van der Waals surface area contributed by atoms with Gasteiger partial charge < -0.3 is 5.11 Å². The SMILES string of the molecule is Cn1cc(C(O)c2cccc(F)c2F)c(C(C)(C)C)n1. The minimum atomic E-state index is -1.24. The fraction of sp³-hybridized carbons (Fsp3) is 0.400. The standard InChI is InChI=1S/C15H18F2N2O/c1-15(2,3)14-10(8-19(4)18-14)13(20)9-6-5-7-11(16)12(9)17/h5-8,13,20H,1-4H3. The summed E-state index contributed by atoms with van der Waals surface area (Å²) in [6, 6.07) is 3.78. The highest BCUT2D eigenvalue weighted by molar-refractivity contribution is 5.35. The lowest BCUT2D eigenvalue weighted by molar-refractivity contribution is 0.210. The maximum absolute atomic E-state index is 13.8. The van der Waals surface area contributed by atoms with Gasteiger partial charge in [0.25, 0.3) is 0 Å². The quantitative estimate of drug-likeness (QED) is 0.918. The van der Waals surface area contributed by atoms with Crippen LogP contribution in [0.4, 0.5) is 8.78 Å². The zero-order valence-electron chi connectivity index (χ0n) is 12.0. The Morgan fingerprint density at radius 2 is 1.85 bits per heavy atom. The average Bonchev–Trinajstić information content (AvgIpc) is 2.74. The van der Waals surface area contributed by atoms with Crippen molar-refractivity contribution >= 4 is 0 Å². The molecule has 20 heavy (non-hydrogen) atoms. The van der Waals surface area contributed by atoms with Gasteiger partial charge in [-0.05, 0) is 6.07 Å². The van der Waals surface area contributed by atoms with E-state index in [1.807, 2.05) is 20.8 Å². The summed E-state index contributed by atoms with van der Waals surface area (Å²) in [7, 11) is 1.73. The van der Waals surface area contributed by atoms with Crippen LogP contribution in [0.2, 0.25) is 0 Å². The van der Waals surface area contributed by atoms with Crippen LogP contribution in [0.25, 0.3) is 0 Å². The number of rotatable bonds is 2. The summed E-state index contributed by atoms with van der Waals surface area (Å²) in [5, 5.41) is 14.7. The molecule has 0 fully saturated rings. The molecule has 2 aromatic rings. The van der Waals surface area contributed by atoms with Crippen LogP contribution in [0.15, 0.2) is 24.4 Å². The van der Waals surface area contributed by atoms with Gasteiger partial charge in [-0.3, -0.25) is 4.68 Å². The molecule has 1 heterocycles. The Labute approximate surface area is 116 Å². The van der Waals surface area contributed by atoms with Crippen molar-refractivity contribution in [2.75, 3.05) is 0 Å². The second-order valence-electron chi connectivity index (χ2n) is 5.90. The molecule has 1 atom stereocenters. The molecular weight excluding hydrogens is 262 g/mol. The first kappa shape index (κ1) is 14.7. The van der Waals surface area contributed by atoms with E-state index < -0.39 is 17.7 Å². The molecule has 0 saturated heterocycles. The summed E-state index contributed by atoms with van der Waals surface area (Å²) in [4.78, 5) is 0. The van der Waals surface area contributed by atoms with E-state index in [-0.39, 0.29) is 11.0 Å².